The quantitative estimate of drug-likeness (QED) is 0.257. The number of esters is 1. The molecule has 0 N–H and O–H groups in total. The van der Waals surface area contributed by atoms with Crippen molar-refractivity contribution < 1.29 is 29.2 Å². The molecule has 30 heavy (non-hydrogen) atoms. The summed E-state index contributed by atoms with van der Waals surface area (Å²) in [7, 11) is 0. The molecule has 2 aromatic rings. The van der Waals surface area contributed by atoms with Crippen molar-refractivity contribution in [3.8, 4) is 11.1 Å². The van der Waals surface area contributed by atoms with Gasteiger partial charge in [-0.25, -0.2) is 0 Å². The standard InChI is InChI=1S/C16H8N4O10/c1-7(21)30-6-12-10-2-8(17(22)23)4-13(19(26)27)15(10)16-11(12)3-9(18(24)25)5-14(16)20(28)29/h2-6H,1H3. The molecule has 0 amide bonds. The van der Waals surface area contributed by atoms with E-state index < -0.39 is 48.4 Å². The lowest BCUT2D eigenvalue weighted by atomic mass is 10.0. The van der Waals surface area contributed by atoms with Gasteiger partial charge in [0, 0.05) is 35.8 Å². The van der Waals surface area contributed by atoms with E-state index in [1.165, 1.54) is 0 Å². The first-order chi connectivity index (χ1) is 14.0. The Morgan fingerprint density at radius 3 is 1.47 bits per heavy atom. The molecule has 3 rings (SSSR count). The Hall–Kier alpha value is -4.75. The highest BCUT2D eigenvalue weighted by molar-refractivity contribution is 6.08. The van der Waals surface area contributed by atoms with Crippen LogP contribution in [-0.2, 0) is 9.53 Å². The second kappa shape index (κ2) is 7.01. The lowest BCUT2D eigenvalue weighted by molar-refractivity contribution is -0.395. The highest BCUT2D eigenvalue weighted by Crippen LogP contribution is 2.54. The fraction of sp³-hybridized carbons (Fsp3) is 0.0625. The zero-order chi connectivity index (χ0) is 22.3. The first-order valence-corrected chi connectivity index (χ1v) is 7.85. The van der Waals surface area contributed by atoms with E-state index in [2.05, 4.69) is 0 Å². The van der Waals surface area contributed by atoms with Crippen LogP contribution in [-0.4, -0.2) is 25.7 Å². The maximum Gasteiger partial charge on any atom is 0.307 e. The van der Waals surface area contributed by atoms with Crippen molar-refractivity contribution in [1.29, 1.82) is 0 Å². The smallest absolute Gasteiger partial charge is 0.307 e. The van der Waals surface area contributed by atoms with E-state index >= 15 is 0 Å². The molecule has 1 aliphatic carbocycles. The summed E-state index contributed by atoms with van der Waals surface area (Å²) in [6.07, 6.45) is 0.786. The second-order valence-electron chi connectivity index (χ2n) is 5.94. The molecule has 0 spiro atoms. The van der Waals surface area contributed by atoms with Crippen molar-refractivity contribution in [3.63, 3.8) is 0 Å². The van der Waals surface area contributed by atoms with Gasteiger partial charge >= 0.3 is 5.97 Å². The number of rotatable bonds is 5. The minimum absolute atomic E-state index is 0.186. The van der Waals surface area contributed by atoms with Crippen molar-refractivity contribution >= 4 is 34.3 Å². The van der Waals surface area contributed by atoms with Gasteiger partial charge in [0.1, 0.15) is 6.26 Å². The van der Waals surface area contributed by atoms with E-state index in [0.29, 0.717) is 12.1 Å². The summed E-state index contributed by atoms with van der Waals surface area (Å²) in [5.41, 5.74) is -4.33. The van der Waals surface area contributed by atoms with Gasteiger partial charge in [-0.2, -0.15) is 0 Å². The minimum Gasteiger partial charge on any atom is -0.434 e. The van der Waals surface area contributed by atoms with Crippen molar-refractivity contribution in [3.05, 3.63) is 82.1 Å². The van der Waals surface area contributed by atoms with Crippen LogP contribution >= 0.6 is 0 Å². The highest BCUT2D eigenvalue weighted by Gasteiger charge is 2.40. The number of nitro groups is 4. The van der Waals surface area contributed by atoms with Crippen LogP contribution in [0.15, 0.2) is 30.5 Å². The molecule has 14 heteroatoms. The van der Waals surface area contributed by atoms with Crippen molar-refractivity contribution in [2.45, 2.75) is 6.92 Å². The number of hydrogen-bond donors (Lipinski definition) is 0. The molecule has 0 heterocycles. The number of carbonyl (C=O) groups excluding carboxylic acids is 1. The van der Waals surface area contributed by atoms with Crippen molar-refractivity contribution in [2.24, 2.45) is 0 Å². The number of ether oxygens (including phenoxy) is 1. The predicted octanol–water partition coefficient (Wildman–Crippen LogP) is 3.25. The summed E-state index contributed by atoms with van der Waals surface area (Å²) >= 11 is 0. The van der Waals surface area contributed by atoms with Crippen LogP contribution in [0.5, 0.6) is 0 Å². The first kappa shape index (κ1) is 20.0. The van der Waals surface area contributed by atoms with Crippen molar-refractivity contribution in [1.82, 2.24) is 0 Å². The Labute approximate surface area is 164 Å². The number of nitro benzene ring substituents is 4. The van der Waals surface area contributed by atoms with Gasteiger partial charge in [-0.3, -0.25) is 45.3 Å². The van der Waals surface area contributed by atoms with Gasteiger partial charge in [-0.15, -0.1) is 0 Å². The monoisotopic (exact) mass is 416 g/mol. The first-order valence-electron chi connectivity index (χ1n) is 7.85. The molecular formula is C16H8N4O10. The Balaban J connectivity index is 2.53. The van der Waals surface area contributed by atoms with Crippen LogP contribution in [0, 0.1) is 40.5 Å². The molecule has 14 nitrogen and oxygen atoms in total. The zero-order valence-electron chi connectivity index (χ0n) is 14.8. The SMILES string of the molecule is CC(=O)OC=C1c2cc([N+](=O)[O-])cc([N+](=O)[O-])c2-c2c1cc([N+](=O)[O-])cc2[N+](=O)[O-]. The van der Waals surface area contributed by atoms with Gasteiger partial charge < -0.3 is 4.74 Å². The third-order valence-electron chi connectivity index (χ3n) is 4.19. The van der Waals surface area contributed by atoms with E-state index in [0.717, 1.165) is 25.3 Å². The van der Waals surface area contributed by atoms with Crippen LogP contribution in [0.25, 0.3) is 16.7 Å². The Bertz CT molecular complexity index is 1130. The second-order valence-corrected chi connectivity index (χ2v) is 5.94. The van der Waals surface area contributed by atoms with E-state index in [4.69, 9.17) is 4.74 Å². The number of hydrogen-bond acceptors (Lipinski definition) is 10. The zero-order valence-corrected chi connectivity index (χ0v) is 14.8. The molecule has 2 aromatic carbocycles. The maximum absolute atomic E-state index is 11.6. The summed E-state index contributed by atoms with van der Waals surface area (Å²) in [6.45, 7) is 1.03. The number of benzene rings is 2. The lowest BCUT2D eigenvalue weighted by Gasteiger charge is -2.04. The fourth-order valence-corrected chi connectivity index (χ4v) is 3.09. The molecule has 0 atom stereocenters. The molecule has 0 unspecified atom stereocenters. The van der Waals surface area contributed by atoms with Gasteiger partial charge in [-0.1, -0.05) is 0 Å². The Morgan fingerprint density at radius 1 is 0.767 bits per heavy atom. The minimum atomic E-state index is -0.963. The molecule has 0 aliphatic heterocycles. The number of fused-ring (bicyclic) bond motifs is 3. The summed E-state index contributed by atoms with van der Waals surface area (Å²) in [4.78, 5) is 53.1. The van der Waals surface area contributed by atoms with Gasteiger partial charge in [0.2, 0.25) is 0 Å². The van der Waals surface area contributed by atoms with E-state index in [1.807, 2.05) is 0 Å². The van der Waals surface area contributed by atoms with Gasteiger partial charge in [-0.05, 0) is 0 Å². The Kier molecular flexibility index (Phi) is 4.67. The number of carbonyl (C=O) groups is 1. The molecule has 0 saturated carbocycles. The molecule has 0 bridgehead atoms. The van der Waals surface area contributed by atoms with Gasteiger partial charge in [0.05, 0.1) is 43.0 Å². The third-order valence-corrected chi connectivity index (χ3v) is 4.19. The topological polar surface area (TPSA) is 199 Å². The molecular weight excluding hydrogens is 408 g/mol. The van der Waals surface area contributed by atoms with E-state index in [-0.39, 0.29) is 27.8 Å². The summed E-state index contributed by atoms with van der Waals surface area (Å²) in [5.74, 6) is -0.822. The van der Waals surface area contributed by atoms with Crippen LogP contribution in [0.2, 0.25) is 0 Å². The number of non-ortho nitro benzene ring substituents is 2. The lowest BCUT2D eigenvalue weighted by Crippen LogP contribution is -1.99. The average Bonchev–Trinajstić information content (AvgIpc) is 2.97. The van der Waals surface area contributed by atoms with Crippen molar-refractivity contribution in [2.75, 3.05) is 0 Å². The summed E-state index contributed by atoms with van der Waals surface area (Å²) < 4.78 is 4.76. The third kappa shape index (κ3) is 3.17. The molecule has 152 valence electrons. The Morgan fingerprint density at radius 2 is 1.17 bits per heavy atom. The van der Waals surface area contributed by atoms with Gasteiger partial charge in [0.25, 0.3) is 22.7 Å². The average molecular weight is 416 g/mol. The van der Waals surface area contributed by atoms with Crippen LogP contribution in [0.3, 0.4) is 0 Å². The van der Waals surface area contributed by atoms with Crippen LogP contribution in [0.4, 0.5) is 22.7 Å². The molecule has 0 saturated heterocycles. The molecule has 0 fully saturated rings. The van der Waals surface area contributed by atoms with Crippen LogP contribution in [0.1, 0.15) is 18.1 Å². The molecule has 0 aromatic heterocycles. The van der Waals surface area contributed by atoms with E-state index in [9.17, 15) is 45.3 Å². The molecule has 0 radical (unpaired) electrons. The summed E-state index contributed by atoms with van der Waals surface area (Å²) in [5, 5.41) is 45.6. The van der Waals surface area contributed by atoms with E-state index in [1.54, 1.807) is 0 Å². The normalized spacial score (nSPS) is 11.3. The maximum atomic E-state index is 11.6. The van der Waals surface area contributed by atoms with Gasteiger partial charge in [0.15, 0.2) is 0 Å². The number of nitrogens with zero attached hydrogens (tertiary/aromatic N) is 4. The largest absolute Gasteiger partial charge is 0.434 e. The fourth-order valence-electron chi connectivity index (χ4n) is 3.09. The summed E-state index contributed by atoms with van der Waals surface area (Å²) in [6, 6.07) is 3.07. The predicted molar refractivity (Wildman–Crippen MR) is 97.3 cm³/mol. The van der Waals surface area contributed by atoms with Crippen LogP contribution < -0.4 is 0 Å². The molecule has 1 aliphatic rings. The highest BCUT2D eigenvalue weighted by atomic mass is 16.6.